The van der Waals surface area contributed by atoms with Gasteiger partial charge in [-0.05, 0) is 43.9 Å². The highest BCUT2D eigenvalue weighted by Crippen LogP contribution is 2.31. The molecule has 0 aromatic carbocycles. The van der Waals surface area contributed by atoms with Crippen molar-refractivity contribution < 1.29 is 4.79 Å². The third kappa shape index (κ3) is 3.47. The number of nitrogens with one attached hydrogen (secondary N) is 1. The Morgan fingerprint density at radius 1 is 1.32 bits per heavy atom. The molecule has 19 heavy (non-hydrogen) atoms. The number of amides is 1. The van der Waals surface area contributed by atoms with Gasteiger partial charge >= 0.3 is 0 Å². The van der Waals surface area contributed by atoms with Gasteiger partial charge in [0.1, 0.15) is 0 Å². The van der Waals surface area contributed by atoms with Crippen molar-refractivity contribution in [3.8, 4) is 0 Å². The minimum atomic E-state index is -0.669. The van der Waals surface area contributed by atoms with Crippen LogP contribution in [0.1, 0.15) is 59.8 Å². The normalized spacial score (nSPS) is 27.9. The maximum atomic E-state index is 12.6. The molecule has 4 heteroatoms. The van der Waals surface area contributed by atoms with Gasteiger partial charge in [-0.15, -0.1) is 0 Å². The van der Waals surface area contributed by atoms with Crippen molar-refractivity contribution in [2.24, 2.45) is 23.0 Å². The molecule has 0 bridgehead atoms. The molecule has 0 aromatic rings. The van der Waals surface area contributed by atoms with Crippen molar-refractivity contribution in [3.63, 3.8) is 0 Å². The van der Waals surface area contributed by atoms with Gasteiger partial charge in [-0.25, -0.2) is 0 Å². The fourth-order valence-corrected chi connectivity index (χ4v) is 3.60. The molecule has 0 aromatic heterocycles. The number of hydrogen-bond donors (Lipinski definition) is 2. The lowest BCUT2D eigenvalue weighted by molar-refractivity contribution is -0.129. The average molecular weight is 284 g/mol. The maximum absolute atomic E-state index is 12.6. The SMILES string of the molecule is CCC(CC)(C(=O)NC1CCC(C)CC1C)C(N)=S. The number of hydrogen-bond acceptors (Lipinski definition) is 2. The summed E-state index contributed by atoms with van der Waals surface area (Å²) in [6, 6.07) is 0.274. The molecule has 3 atom stereocenters. The topological polar surface area (TPSA) is 55.1 Å². The van der Waals surface area contributed by atoms with Crippen molar-refractivity contribution in [1.82, 2.24) is 5.32 Å². The summed E-state index contributed by atoms with van der Waals surface area (Å²) in [5.41, 5.74) is 5.16. The van der Waals surface area contributed by atoms with E-state index in [0.717, 1.165) is 12.3 Å². The zero-order valence-electron chi connectivity index (χ0n) is 12.7. The fraction of sp³-hybridized carbons (Fsp3) is 0.867. The van der Waals surface area contributed by atoms with Crippen molar-refractivity contribution in [2.45, 2.75) is 65.8 Å². The molecular weight excluding hydrogens is 256 g/mol. The Balaban J connectivity index is 2.75. The summed E-state index contributed by atoms with van der Waals surface area (Å²) in [4.78, 5) is 12.9. The first-order valence-corrected chi connectivity index (χ1v) is 7.89. The minimum Gasteiger partial charge on any atom is -0.392 e. The van der Waals surface area contributed by atoms with Crippen LogP contribution >= 0.6 is 12.2 Å². The van der Waals surface area contributed by atoms with E-state index in [1.165, 1.54) is 12.8 Å². The summed E-state index contributed by atoms with van der Waals surface area (Å²) in [5.74, 6) is 1.32. The lowest BCUT2D eigenvalue weighted by atomic mass is 9.77. The van der Waals surface area contributed by atoms with Crippen molar-refractivity contribution in [2.75, 3.05) is 0 Å². The highest BCUT2D eigenvalue weighted by atomic mass is 32.1. The predicted molar refractivity (Wildman–Crippen MR) is 83.9 cm³/mol. The molecule has 1 fully saturated rings. The minimum absolute atomic E-state index is 0.0244. The third-order valence-corrected chi connectivity index (χ3v) is 5.25. The lowest BCUT2D eigenvalue weighted by Gasteiger charge is -2.37. The molecule has 110 valence electrons. The van der Waals surface area contributed by atoms with Crippen LogP contribution in [0.2, 0.25) is 0 Å². The number of carbonyl (C=O) groups is 1. The highest BCUT2D eigenvalue weighted by Gasteiger charge is 2.40. The molecule has 1 amide bonds. The van der Waals surface area contributed by atoms with E-state index in [2.05, 4.69) is 19.2 Å². The van der Waals surface area contributed by atoms with E-state index in [1.807, 2.05) is 13.8 Å². The van der Waals surface area contributed by atoms with Crippen LogP contribution in [0.25, 0.3) is 0 Å². The molecule has 0 radical (unpaired) electrons. The van der Waals surface area contributed by atoms with Crippen LogP contribution in [-0.4, -0.2) is 16.9 Å². The van der Waals surface area contributed by atoms with Crippen LogP contribution < -0.4 is 11.1 Å². The monoisotopic (exact) mass is 284 g/mol. The first-order valence-electron chi connectivity index (χ1n) is 7.48. The zero-order valence-corrected chi connectivity index (χ0v) is 13.5. The molecule has 0 aliphatic heterocycles. The Kier molecular flexibility index (Phi) is 5.78. The predicted octanol–water partition coefficient (Wildman–Crippen LogP) is 3.02. The lowest BCUT2D eigenvalue weighted by Crippen LogP contribution is -2.53. The fourth-order valence-electron chi connectivity index (χ4n) is 3.22. The largest absolute Gasteiger partial charge is 0.392 e. The molecule has 0 spiro atoms. The Bertz CT molecular complexity index is 339. The summed E-state index contributed by atoms with van der Waals surface area (Å²) in [6.45, 7) is 8.47. The van der Waals surface area contributed by atoms with E-state index < -0.39 is 5.41 Å². The van der Waals surface area contributed by atoms with E-state index in [-0.39, 0.29) is 11.9 Å². The van der Waals surface area contributed by atoms with Crippen LogP contribution in [0, 0.1) is 17.3 Å². The first kappa shape index (κ1) is 16.4. The second-order valence-corrected chi connectivity index (χ2v) is 6.57. The number of carbonyl (C=O) groups excluding carboxylic acids is 1. The summed E-state index contributed by atoms with van der Waals surface area (Å²) >= 11 is 5.14. The van der Waals surface area contributed by atoms with Gasteiger partial charge in [0.15, 0.2) is 0 Å². The van der Waals surface area contributed by atoms with Gasteiger partial charge in [0.25, 0.3) is 0 Å². The Labute approximate surface area is 122 Å². The van der Waals surface area contributed by atoms with Gasteiger partial charge in [-0.3, -0.25) is 4.79 Å². The van der Waals surface area contributed by atoms with Gasteiger partial charge in [0.05, 0.1) is 10.4 Å². The molecule has 3 unspecified atom stereocenters. The molecule has 1 aliphatic carbocycles. The van der Waals surface area contributed by atoms with Crippen LogP contribution in [0.15, 0.2) is 0 Å². The molecule has 1 aliphatic rings. The van der Waals surface area contributed by atoms with Crippen LogP contribution in [0.4, 0.5) is 0 Å². The Morgan fingerprint density at radius 3 is 2.32 bits per heavy atom. The molecule has 0 heterocycles. The molecular formula is C15H28N2OS. The van der Waals surface area contributed by atoms with E-state index in [4.69, 9.17) is 18.0 Å². The third-order valence-electron chi connectivity index (χ3n) is 4.86. The number of nitrogens with two attached hydrogens (primary N) is 1. The van der Waals surface area contributed by atoms with Crippen molar-refractivity contribution in [1.29, 1.82) is 0 Å². The number of thiocarbonyl (C=S) groups is 1. The van der Waals surface area contributed by atoms with Crippen molar-refractivity contribution in [3.05, 3.63) is 0 Å². The highest BCUT2D eigenvalue weighted by molar-refractivity contribution is 7.80. The van der Waals surface area contributed by atoms with Crippen molar-refractivity contribution >= 4 is 23.1 Å². The first-order chi connectivity index (χ1) is 8.87. The quantitative estimate of drug-likeness (QED) is 0.763. The molecule has 3 nitrogen and oxygen atoms in total. The molecule has 3 N–H and O–H groups in total. The molecule has 0 saturated heterocycles. The van der Waals surface area contributed by atoms with Crippen LogP contribution in [-0.2, 0) is 4.79 Å². The Morgan fingerprint density at radius 2 is 1.89 bits per heavy atom. The number of rotatable bonds is 5. The van der Waals surface area contributed by atoms with Gasteiger partial charge in [0.2, 0.25) is 5.91 Å². The summed E-state index contributed by atoms with van der Waals surface area (Å²) < 4.78 is 0. The summed E-state index contributed by atoms with van der Waals surface area (Å²) in [5, 5.41) is 3.21. The smallest absolute Gasteiger partial charge is 0.233 e. The van der Waals surface area contributed by atoms with E-state index in [0.29, 0.717) is 23.7 Å². The van der Waals surface area contributed by atoms with E-state index in [9.17, 15) is 4.79 Å². The average Bonchev–Trinajstić information content (AvgIpc) is 2.34. The molecule has 1 saturated carbocycles. The standard InChI is InChI=1S/C15H28N2OS/c1-5-15(6-2,13(16)19)14(18)17-12-8-7-10(3)9-11(12)4/h10-12H,5-9H2,1-4H3,(H2,16,19)(H,17,18). The molecule has 1 rings (SSSR count). The maximum Gasteiger partial charge on any atom is 0.233 e. The second-order valence-electron chi connectivity index (χ2n) is 6.13. The summed E-state index contributed by atoms with van der Waals surface area (Å²) in [6.07, 6.45) is 4.77. The van der Waals surface area contributed by atoms with Gasteiger partial charge < -0.3 is 11.1 Å². The van der Waals surface area contributed by atoms with E-state index >= 15 is 0 Å². The second kappa shape index (κ2) is 6.69. The van der Waals surface area contributed by atoms with Crippen LogP contribution in [0.3, 0.4) is 0 Å². The van der Waals surface area contributed by atoms with Gasteiger partial charge in [-0.1, -0.05) is 39.9 Å². The zero-order chi connectivity index (χ0) is 14.6. The summed E-state index contributed by atoms with van der Waals surface area (Å²) in [7, 11) is 0. The van der Waals surface area contributed by atoms with Crippen LogP contribution in [0.5, 0.6) is 0 Å². The van der Waals surface area contributed by atoms with Gasteiger partial charge in [-0.2, -0.15) is 0 Å². The van der Waals surface area contributed by atoms with E-state index in [1.54, 1.807) is 0 Å². The Hall–Kier alpha value is -0.640. The van der Waals surface area contributed by atoms with Gasteiger partial charge in [0, 0.05) is 6.04 Å².